The first-order valence-electron chi connectivity index (χ1n) is 8.12. The van der Waals surface area contributed by atoms with Crippen molar-refractivity contribution in [3.63, 3.8) is 0 Å². The molecule has 3 aromatic rings. The van der Waals surface area contributed by atoms with Crippen LogP contribution in [-0.2, 0) is 6.42 Å². The first kappa shape index (κ1) is 16.7. The molecule has 0 aliphatic rings. The van der Waals surface area contributed by atoms with Crippen molar-refractivity contribution in [2.75, 3.05) is 0 Å². The average molecular weight is 330 g/mol. The van der Waals surface area contributed by atoms with Crippen molar-refractivity contribution < 1.29 is 14.7 Å². The summed E-state index contributed by atoms with van der Waals surface area (Å²) in [5.41, 5.74) is 1.57. The summed E-state index contributed by atoms with van der Waals surface area (Å²) >= 11 is 0. The zero-order valence-electron chi connectivity index (χ0n) is 13.6. The van der Waals surface area contributed by atoms with E-state index in [0.29, 0.717) is 12.0 Å². The Kier molecular flexibility index (Phi) is 5.05. The zero-order valence-corrected chi connectivity index (χ0v) is 13.6. The number of carbonyl (C=O) groups is 2. The van der Waals surface area contributed by atoms with E-state index in [0.717, 1.165) is 5.56 Å². The van der Waals surface area contributed by atoms with Gasteiger partial charge >= 0.3 is 0 Å². The Bertz CT molecular complexity index is 870. The van der Waals surface area contributed by atoms with Gasteiger partial charge in [0.2, 0.25) is 0 Å². The van der Waals surface area contributed by atoms with Crippen LogP contribution < -0.4 is 0 Å². The predicted molar refractivity (Wildman–Crippen MR) is 96.8 cm³/mol. The largest absolute Gasteiger partial charge is 0.507 e. The lowest BCUT2D eigenvalue weighted by molar-refractivity contribution is 0.0805. The van der Waals surface area contributed by atoms with Gasteiger partial charge in [-0.15, -0.1) is 0 Å². The highest BCUT2D eigenvalue weighted by atomic mass is 16.3. The first-order valence-corrected chi connectivity index (χ1v) is 8.12. The van der Waals surface area contributed by atoms with Gasteiger partial charge < -0.3 is 5.11 Å². The Balaban J connectivity index is 1.98. The lowest BCUT2D eigenvalue weighted by Gasteiger charge is -2.16. The number of carbonyl (C=O) groups excluding carboxylic acids is 2. The minimum atomic E-state index is -0.877. The molecule has 0 saturated heterocycles. The standard InChI is InChI=1S/C22H18O3/c23-20-14-8-7-13-18(20)22(25)19(15-16-9-3-1-4-10-16)21(24)17-11-5-2-6-12-17/h1-14,19,23H,15H2. The summed E-state index contributed by atoms with van der Waals surface area (Å²) in [5.74, 6) is -1.59. The fraction of sp³-hybridized carbons (Fsp3) is 0.0909. The number of ketones is 2. The molecule has 0 spiro atoms. The topological polar surface area (TPSA) is 54.4 Å². The van der Waals surface area contributed by atoms with Crippen LogP contribution in [0.15, 0.2) is 84.9 Å². The van der Waals surface area contributed by atoms with Crippen molar-refractivity contribution in [1.82, 2.24) is 0 Å². The van der Waals surface area contributed by atoms with E-state index in [1.54, 1.807) is 42.5 Å². The third kappa shape index (κ3) is 3.83. The molecule has 0 aliphatic heterocycles. The number of Topliss-reactive ketones (excluding diaryl/α,β-unsaturated/α-hetero) is 2. The third-order valence-electron chi connectivity index (χ3n) is 4.14. The molecular weight excluding hydrogens is 312 g/mol. The molecule has 0 bridgehead atoms. The number of benzene rings is 3. The number of rotatable bonds is 6. The molecule has 1 unspecified atom stereocenters. The van der Waals surface area contributed by atoms with Crippen LogP contribution in [0.25, 0.3) is 0 Å². The van der Waals surface area contributed by atoms with Gasteiger partial charge in [0.1, 0.15) is 5.75 Å². The number of phenolic OH excluding ortho intramolecular Hbond substituents is 1. The molecular formula is C22H18O3. The summed E-state index contributed by atoms with van der Waals surface area (Å²) in [4.78, 5) is 26.0. The van der Waals surface area contributed by atoms with Crippen LogP contribution in [0.5, 0.6) is 5.75 Å². The molecule has 3 heteroatoms. The van der Waals surface area contributed by atoms with Gasteiger partial charge in [0.05, 0.1) is 11.5 Å². The first-order chi connectivity index (χ1) is 12.2. The van der Waals surface area contributed by atoms with Gasteiger partial charge in [0, 0.05) is 5.56 Å². The van der Waals surface area contributed by atoms with Crippen LogP contribution in [-0.4, -0.2) is 16.7 Å². The molecule has 0 heterocycles. The van der Waals surface area contributed by atoms with E-state index in [2.05, 4.69) is 0 Å². The molecule has 124 valence electrons. The Morgan fingerprint density at radius 2 is 1.28 bits per heavy atom. The average Bonchev–Trinajstić information content (AvgIpc) is 2.67. The molecule has 0 aliphatic carbocycles. The Morgan fingerprint density at radius 1 is 0.720 bits per heavy atom. The molecule has 0 radical (unpaired) electrons. The minimum absolute atomic E-state index is 0.105. The molecule has 25 heavy (non-hydrogen) atoms. The van der Waals surface area contributed by atoms with Crippen molar-refractivity contribution in [3.05, 3.63) is 102 Å². The van der Waals surface area contributed by atoms with Gasteiger partial charge in [-0.1, -0.05) is 72.8 Å². The third-order valence-corrected chi connectivity index (χ3v) is 4.14. The lowest BCUT2D eigenvalue weighted by Crippen LogP contribution is -2.27. The van der Waals surface area contributed by atoms with Crippen molar-refractivity contribution in [1.29, 1.82) is 0 Å². The van der Waals surface area contributed by atoms with E-state index in [1.807, 2.05) is 36.4 Å². The molecule has 3 aromatic carbocycles. The summed E-state index contributed by atoms with van der Waals surface area (Å²) < 4.78 is 0. The molecule has 0 fully saturated rings. The van der Waals surface area contributed by atoms with Gasteiger partial charge in [-0.3, -0.25) is 9.59 Å². The van der Waals surface area contributed by atoms with Gasteiger partial charge in [-0.25, -0.2) is 0 Å². The molecule has 1 N–H and O–H groups in total. The Hall–Kier alpha value is -3.20. The maximum Gasteiger partial charge on any atom is 0.177 e. The second-order valence-electron chi connectivity index (χ2n) is 5.85. The minimum Gasteiger partial charge on any atom is -0.507 e. The SMILES string of the molecule is O=C(c1ccccc1)C(Cc1ccccc1)C(=O)c1ccccc1O. The summed E-state index contributed by atoms with van der Waals surface area (Å²) in [6.07, 6.45) is 0.293. The monoisotopic (exact) mass is 330 g/mol. The van der Waals surface area contributed by atoms with Crippen LogP contribution >= 0.6 is 0 Å². The maximum atomic E-state index is 13.0. The normalized spacial score (nSPS) is 11.7. The molecule has 3 nitrogen and oxygen atoms in total. The van der Waals surface area contributed by atoms with Crippen LogP contribution in [0.3, 0.4) is 0 Å². The van der Waals surface area contributed by atoms with Crippen LogP contribution in [0.2, 0.25) is 0 Å². The molecule has 0 aromatic heterocycles. The van der Waals surface area contributed by atoms with E-state index >= 15 is 0 Å². The molecule has 3 rings (SSSR count). The highest BCUT2D eigenvalue weighted by Crippen LogP contribution is 2.24. The van der Waals surface area contributed by atoms with Crippen molar-refractivity contribution in [3.8, 4) is 5.75 Å². The number of hydrogen-bond acceptors (Lipinski definition) is 3. The Labute approximate surface area is 146 Å². The van der Waals surface area contributed by atoms with E-state index < -0.39 is 5.92 Å². The summed E-state index contributed by atoms with van der Waals surface area (Å²) in [6, 6.07) is 24.6. The van der Waals surface area contributed by atoms with E-state index in [4.69, 9.17) is 0 Å². The second kappa shape index (κ2) is 7.58. The van der Waals surface area contributed by atoms with Gasteiger partial charge in [-0.2, -0.15) is 0 Å². The van der Waals surface area contributed by atoms with Gasteiger partial charge in [0.25, 0.3) is 0 Å². The highest BCUT2D eigenvalue weighted by molar-refractivity contribution is 6.17. The van der Waals surface area contributed by atoms with Gasteiger partial charge in [-0.05, 0) is 24.1 Å². The Morgan fingerprint density at radius 3 is 1.92 bits per heavy atom. The second-order valence-corrected chi connectivity index (χ2v) is 5.85. The van der Waals surface area contributed by atoms with E-state index in [9.17, 15) is 14.7 Å². The van der Waals surface area contributed by atoms with Crippen LogP contribution in [0.4, 0.5) is 0 Å². The smallest absolute Gasteiger partial charge is 0.177 e. The fourth-order valence-corrected chi connectivity index (χ4v) is 2.83. The molecule has 1 atom stereocenters. The zero-order chi connectivity index (χ0) is 17.6. The van der Waals surface area contributed by atoms with E-state index in [-0.39, 0.29) is 22.9 Å². The summed E-state index contributed by atoms with van der Waals surface area (Å²) in [6.45, 7) is 0. The predicted octanol–water partition coefficient (Wildman–Crippen LogP) is 4.32. The van der Waals surface area contributed by atoms with Crippen molar-refractivity contribution in [2.45, 2.75) is 6.42 Å². The van der Waals surface area contributed by atoms with E-state index in [1.165, 1.54) is 6.07 Å². The molecule has 0 amide bonds. The number of hydrogen-bond donors (Lipinski definition) is 1. The highest BCUT2D eigenvalue weighted by Gasteiger charge is 2.30. The van der Waals surface area contributed by atoms with Crippen molar-refractivity contribution >= 4 is 11.6 Å². The van der Waals surface area contributed by atoms with Crippen LogP contribution in [0, 0.1) is 5.92 Å². The summed E-state index contributed by atoms with van der Waals surface area (Å²) in [5, 5.41) is 10.0. The lowest BCUT2D eigenvalue weighted by atomic mass is 9.85. The number of phenols is 1. The summed E-state index contributed by atoms with van der Waals surface area (Å²) in [7, 11) is 0. The van der Waals surface area contributed by atoms with Crippen LogP contribution in [0.1, 0.15) is 26.3 Å². The number of para-hydroxylation sites is 1. The number of aromatic hydroxyl groups is 1. The van der Waals surface area contributed by atoms with Crippen molar-refractivity contribution in [2.24, 2.45) is 5.92 Å². The maximum absolute atomic E-state index is 13.0. The molecule has 0 saturated carbocycles. The van der Waals surface area contributed by atoms with Gasteiger partial charge in [0.15, 0.2) is 11.6 Å². The quantitative estimate of drug-likeness (QED) is 0.541. The fourth-order valence-electron chi connectivity index (χ4n) is 2.83.